The molecule has 1 fully saturated rings. The van der Waals surface area contributed by atoms with Crippen molar-refractivity contribution >= 4 is 0 Å². The molecule has 2 aromatic carbocycles. The zero-order chi connectivity index (χ0) is 16.0. The number of nitrogens with zero attached hydrogens (tertiary/aromatic N) is 1. The summed E-state index contributed by atoms with van der Waals surface area (Å²) >= 11 is 0. The lowest BCUT2D eigenvalue weighted by Crippen LogP contribution is -2.47. The summed E-state index contributed by atoms with van der Waals surface area (Å²) in [5, 5.41) is 13.5. The summed E-state index contributed by atoms with van der Waals surface area (Å²) in [4.78, 5) is 0. The van der Waals surface area contributed by atoms with Gasteiger partial charge in [-0.05, 0) is 30.4 Å². The number of nitriles is 1. The van der Waals surface area contributed by atoms with Crippen LogP contribution in [0, 0.1) is 11.3 Å². The second-order valence-electron chi connectivity index (χ2n) is 6.55. The predicted molar refractivity (Wildman–Crippen MR) is 93.9 cm³/mol. The van der Waals surface area contributed by atoms with Gasteiger partial charge in [0.25, 0.3) is 0 Å². The Morgan fingerprint density at radius 2 is 1.52 bits per heavy atom. The Balaban J connectivity index is 1.84. The van der Waals surface area contributed by atoms with Gasteiger partial charge in [0.15, 0.2) is 0 Å². The van der Waals surface area contributed by atoms with Crippen molar-refractivity contribution in [2.24, 2.45) is 0 Å². The average molecular weight is 304 g/mol. The van der Waals surface area contributed by atoms with E-state index >= 15 is 0 Å². The lowest BCUT2D eigenvalue weighted by Gasteiger charge is -2.36. The molecular weight excluding hydrogens is 280 g/mol. The molecule has 1 saturated carbocycles. The second kappa shape index (κ2) is 7.44. The summed E-state index contributed by atoms with van der Waals surface area (Å²) in [7, 11) is 0. The van der Waals surface area contributed by atoms with Gasteiger partial charge < -0.3 is 0 Å². The Labute approximate surface area is 139 Å². The molecule has 0 aliphatic heterocycles. The van der Waals surface area contributed by atoms with E-state index in [1.54, 1.807) is 0 Å². The molecule has 0 bridgehead atoms. The summed E-state index contributed by atoms with van der Waals surface area (Å²) in [6, 6.07) is 23.8. The van der Waals surface area contributed by atoms with Crippen molar-refractivity contribution in [1.82, 2.24) is 5.32 Å². The topological polar surface area (TPSA) is 35.8 Å². The number of hydrogen-bond donors (Lipinski definition) is 1. The van der Waals surface area contributed by atoms with Gasteiger partial charge in [-0.15, -0.1) is 0 Å². The Hall–Kier alpha value is -2.11. The minimum atomic E-state index is -0.368. The fourth-order valence-corrected chi connectivity index (χ4v) is 3.56. The van der Waals surface area contributed by atoms with Crippen LogP contribution in [0.3, 0.4) is 0 Å². The molecule has 0 unspecified atom stereocenters. The molecule has 1 aliphatic carbocycles. The van der Waals surface area contributed by atoms with E-state index in [1.165, 1.54) is 17.5 Å². The van der Waals surface area contributed by atoms with Crippen molar-refractivity contribution in [1.29, 1.82) is 5.26 Å². The molecule has 1 aliphatic rings. The highest BCUT2D eigenvalue weighted by Crippen LogP contribution is 2.31. The van der Waals surface area contributed by atoms with Gasteiger partial charge in [-0.25, -0.2) is 0 Å². The minimum absolute atomic E-state index is 0.177. The van der Waals surface area contributed by atoms with Crippen LogP contribution >= 0.6 is 0 Å². The molecule has 3 rings (SSSR count). The molecule has 118 valence electrons. The molecule has 0 radical (unpaired) electrons. The van der Waals surface area contributed by atoms with Crippen LogP contribution in [-0.2, 0) is 6.42 Å². The molecule has 2 heteroatoms. The summed E-state index contributed by atoms with van der Waals surface area (Å²) in [6.07, 6.45) is 6.37. The molecular formula is C21H24N2. The average Bonchev–Trinajstić information content (AvgIpc) is 2.64. The third-order valence-corrected chi connectivity index (χ3v) is 4.86. The van der Waals surface area contributed by atoms with Crippen LogP contribution < -0.4 is 5.32 Å². The van der Waals surface area contributed by atoms with Crippen molar-refractivity contribution in [2.45, 2.75) is 50.1 Å². The Morgan fingerprint density at radius 3 is 2.13 bits per heavy atom. The monoisotopic (exact) mass is 304 g/mol. The minimum Gasteiger partial charge on any atom is -0.292 e. The van der Waals surface area contributed by atoms with Gasteiger partial charge in [-0.2, -0.15) is 5.26 Å². The van der Waals surface area contributed by atoms with E-state index in [0.29, 0.717) is 0 Å². The summed E-state index contributed by atoms with van der Waals surface area (Å²) in [6.45, 7) is 0. The highest BCUT2D eigenvalue weighted by Gasteiger charge is 2.34. The first-order valence-electron chi connectivity index (χ1n) is 8.59. The zero-order valence-electron chi connectivity index (χ0n) is 13.5. The molecule has 1 atom stereocenters. The Bertz CT molecular complexity index is 637. The van der Waals surface area contributed by atoms with Crippen LogP contribution in [0.5, 0.6) is 0 Å². The largest absolute Gasteiger partial charge is 0.292 e. The van der Waals surface area contributed by atoms with Gasteiger partial charge in [-0.3, -0.25) is 5.32 Å². The lowest BCUT2D eigenvalue weighted by atomic mass is 9.81. The van der Waals surface area contributed by atoms with E-state index < -0.39 is 0 Å². The van der Waals surface area contributed by atoms with Crippen molar-refractivity contribution < 1.29 is 0 Å². The van der Waals surface area contributed by atoms with Crippen LogP contribution in [0.1, 0.15) is 49.3 Å². The lowest BCUT2D eigenvalue weighted by molar-refractivity contribution is 0.267. The Morgan fingerprint density at radius 1 is 0.913 bits per heavy atom. The molecule has 0 amide bonds. The van der Waals surface area contributed by atoms with Crippen LogP contribution in [0.15, 0.2) is 60.7 Å². The molecule has 2 aromatic rings. The maximum atomic E-state index is 9.79. The fourth-order valence-electron chi connectivity index (χ4n) is 3.56. The molecule has 0 saturated heterocycles. The first kappa shape index (κ1) is 15.8. The van der Waals surface area contributed by atoms with Gasteiger partial charge in [0.1, 0.15) is 5.54 Å². The maximum absolute atomic E-state index is 9.79. The molecule has 0 spiro atoms. The zero-order valence-corrected chi connectivity index (χ0v) is 13.5. The predicted octanol–water partition coefficient (Wildman–Crippen LogP) is 4.79. The fraction of sp³-hybridized carbons (Fsp3) is 0.381. The smallest absolute Gasteiger partial charge is 0.107 e. The Kier molecular flexibility index (Phi) is 5.10. The van der Waals surface area contributed by atoms with Crippen molar-refractivity contribution in [3.63, 3.8) is 0 Å². The van der Waals surface area contributed by atoms with Crippen LogP contribution in [0.25, 0.3) is 0 Å². The normalized spacial score (nSPS) is 18.0. The van der Waals surface area contributed by atoms with Gasteiger partial charge in [-0.1, -0.05) is 79.9 Å². The van der Waals surface area contributed by atoms with E-state index in [2.05, 4.69) is 59.9 Å². The summed E-state index contributed by atoms with van der Waals surface area (Å²) in [5.41, 5.74) is 2.20. The highest BCUT2D eigenvalue weighted by atomic mass is 15.0. The van der Waals surface area contributed by atoms with E-state index in [9.17, 15) is 5.26 Å². The third-order valence-electron chi connectivity index (χ3n) is 4.86. The molecule has 0 heterocycles. The molecule has 1 N–H and O–H groups in total. The van der Waals surface area contributed by atoms with E-state index in [1.807, 2.05) is 12.1 Å². The third kappa shape index (κ3) is 4.00. The number of hydrogen-bond acceptors (Lipinski definition) is 2. The molecule has 2 nitrogen and oxygen atoms in total. The van der Waals surface area contributed by atoms with Crippen molar-refractivity contribution in [3.8, 4) is 6.07 Å². The second-order valence-corrected chi connectivity index (χ2v) is 6.55. The molecule has 23 heavy (non-hydrogen) atoms. The van der Waals surface area contributed by atoms with Gasteiger partial charge >= 0.3 is 0 Å². The summed E-state index contributed by atoms with van der Waals surface area (Å²) in [5.74, 6) is 0. The number of nitrogens with one attached hydrogen (secondary N) is 1. The standard InChI is InChI=1S/C21H24N2/c22-17-21(14-8-3-9-15-21)23-20(19-12-6-2-7-13-19)16-18-10-4-1-5-11-18/h1-2,4-7,10-13,20,23H,3,8-9,14-16H2/t20-/m0/s1. The van der Waals surface area contributed by atoms with E-state index in [-0.39, 0.29) is 11.6 Å². The molecule has 0 aromatic heterocycles. The summed E-state index contributed by atoms with van der Waals surface area (Å²) < 4.78 is 0. The van der Waals surface area contributed by atoms with Crippen molar-refractivity contribution in [2.75, 3.05) is 0 Å². The first-order valence-corrected chi connectivity index (χ1v) is 8.59. The number of rotatable bonds is 5. The van der Waals surface area contributed by atoms with E-state index in [4.69, 9.17) is 0 Å². The highest BCUT2D eigenvalue weighted by molar-refractivity contribution is 5.25. The van der Waals surface area contributed by atoms with Gasteiger partial charge in [0.2, 0.25) is 0 Å². The number of benzene rings is 2. The quantitative estimate of drug-likeness (QED) is 0.862. The van der Waals surface area contributed by atoms with Crippen LogP contribution in [0.2, 0.25) is 0 Å². The first-order chi connectivity index (χ1) is 11.3. The van der Waals surface area contributed by atoms with Gasteiger partial charge in [0, 0.05) is 6.04 Å². The van der Waals surface area contributed by atoms with E-state index in [0.717, 1.165) is 32.1 Å². The van der Waals surface area contributed by atoms with Crippen LogP contribution in [0.4, 0.5) is 0 Å². The van der Waals surface area contributed by atoms with Crippen LogP contribution in [-0.4, -0.2) is 5.54 Å². The van der Waals surface area contributed by atoms with Gasteiger partial charge in [0.05, 0.1) is 6.07 Å². The SMILES string of the molecule is N#CC1(N[C@@H](Cc2ccccc2)c2ccccc2)CCCCC1. The van der Waals surface area contributed by atoms with Crippen molar-refractivity contribution in [3.05, 3.63) is 71.8 Å². The maximum Gasteiger partial charge on any atom is 0.107 e.